The summed E-state index contributed by atoms with van der Waals surface area (Å²) >= 11 is 0. The zero-order chi connectivity index (χ0) is 22.9. The van der Waals surface area contributed by atoms with Gasteiger partial charge in [0, 0.05) is 45.3 Å². The number of guanidine groups is 1. The van der Waals surface area contributed by atoms with E-state index in [2.05, 4.69) is 30.7 Å². The van der Waals surface area contributed by atoms with Crippen LogP contribution in [0.5, 0.6) is 5.75 Å². The fraction of sp³-hybridized carbons (Fsp3) is 0.409. The van der Waals surface area contributed by atoms with Gasteiger partial charge in [0.25, 0.3) is 0 Å². The van der Waals surface area contributed by atoms with Crippen LogP contribution in [-0.2, 0) is 4.79 Å². The zero-order valence-electron chi connectivity index (χ0n) is 18.6. The molecule has 0 radical (unpaired) electrons. The van der Waals surface area contributed by atoms with E-state index in [1.165, 1.54) is 0 Å². The molecule has 1 atom stereocenters. The summed E-state index contributed by atoms with van der Waals surface area (Å²) in [6.07, 6.45) is 2.76. The van der Waals surface area contributed by atoms with E-state index in [1.807, 2.05) is 17.9 Å². The number of aliphatic imine (C=N–C) groups is 1. The summed E-state index contributed by atoms with van der Waals surface area (Å²) in [6, 6.07) is 10.5. The van der Waals surface area contributed by atoms with Gasteiger partial charge >= 0.3 is 6.61 Å². The Labute approximate surface area is 209 Å². The van der Waals surface area contributed by atoms with Crippen LogP contribution in [0.4, 0.5) is 20.3 Å². The molecule has 1 saturated heterocycles. The Bertz CT molecular complexity index is 929. The second kappa shape index (κ2) is 13.1. The van der Waals surface area contributed by atoms with Crippen LogP contribution in [0.2, 0.25) is 0 Å². The second-order valence-electron chi connectivity index (χ2n) is 7.44. The number of carbonyl (C=O) groups is 1. The molecule has 1 aliphatic rings. The van der Waals surface area contributed by atoms with Crippen molar-refractivity contribution in [1.29, 1.82) is 0 Å². The molecule has 2 heterocycles. The topological polar surface area (TPSA) is 90.9 Å². The molecule has 8 nitrogen and oxygen atoms in total. The van der Waals surface area contributed by atoms with Gasteiger partial charge in [-0.3, -0.25) is 9.79 Å². The van der Waals surface area contributed by atoms with Crippen LogP contribution in [0.3, 0.4) is 0 Å². The number of ether oxygens (including phenoxy) is 1. The molecule has 0 spiro atoms. The number of nitrogens with one attached hydrogen (secondary N) is 3. The van der Waals surface area contributed by atoms with Gasteiger partial charge in [0.15, 0.2) is 5.96 Å². The third-order valence-electron chi connectivity index (χ3n) is 5.00. The van der Waals surface area contributed by atoms with E-state index < -0.39 is 6.61 Å². The minimum absolute atomic E-state index is 0. The number of alkyl halides is 2. The molecular formula is C22H29F2IN6O2. The first-order valence-corrected chi connectivity index (χ1v) is 10.4. The lowest BCUT2D eigenvalue weighted by Crippen LogP contribution is -2.45. The fourth-order valence-corrected chi connectivity index (χ4v) is 3.44. The van der Waals surface area contributed by atoms with Gasteiger partial charge in [-0.05, 0) is 37.1 Å². The number of hydrogen-bond acceptors (Lipinski definition) is 5. The van der Waals surface area contributed by atoms with Gasteiger partial charge in [-0.25, -0.2) is 4.98 Å². The molecule has 180 valence electrons. The molecule has 0 bridgehead atoms. The highest BCUT2D eigenvalue weighted by Crippen LogP contribution is 2.31. The number of para-hydroxylation sites is 2. The van der Waals surface area contributed by atoms with Crippen LogP contribution < -0.4 is 25.6 Å². The average molecular weight is 574 g/mol. The number of pyridine rings is 1. The van der Waals surface area contributed by atoms with E-state index >= 15 is 0 Å². The highest BCUT2D eigenvalue weighted by atomic mass is 127. The molecule has 1 fully saturated rings. The molecule has 3 N–H and O–H groups in total. The van der Waals surface area contributed by atoms with Crippen LogP contribution in [0.1, 0.15) is 18.4 Å². The number of rotatable bonds is 8. The van der Waals surface area contributed by atoms with E-state index in [4.69, 9.17) is 0 Å². The molecule has 33 heavy (non-hydrogen) atoms. The molecule has 1 aliphatic heterocycles. The summed E-state index contributed by atoms with van der Waals surface area (Å²) in [5.41, 5.74) is 1.66. The van der Waals surface area contributed by atoms with Crippen molar-refractivity contribution < 1.29 is 18.3 Å². The number of hydrogen-bond donors (Lipinski definition) is 3. The molecular weight excluding hydrogens is 545 g/mol. The number of nitrogens with zero attached hydrogens (tertiary/aromatic N) is 3. The van der Waals surface area contributed by atoms with E-state index in [9.17, 15) is 13.6 Å². The molecule has 0 saturated carbocycles. The van der Waals surface area contributed by atoms with Gasteiger partial charge in [0.2, 0.25) is 5.91 Å². The van der Waals surface area contributed by atoms with Gasteiger partial charge in [-0.2, -0.15) is 8.78 Å². The molecule has 11 heteroatoms. The van der Waals surface area contributed by atoms with Gasteiger partial charge < -0.3 is 25.6 Å². The summed E-state index contributed by atoms with van der Waals surface area (Å²) in [6.45, 7) is 0.780. The number of anilines is 2. The van der Waals surface area contributed by atoms with Crippen LogP contribution >= 0.6 is 24.0 Å². The molecule has 1 aromatic carbocycles. The van der Waals surface area contributed by atoms with E-state index in [0.29, 0.717) is 37.1 Å². The van der Waals surface area contributed by atoms with Crippen molar-refractivity contribution in [2.75, 3.05) is 36.9 Å². The number of carbonyl (C=O) groups excluding carboxylic acids is 1. The van der Waals surface area contributed by atoms with Crippen LogP contribution in [0.25, 0.3) is 0 Å². The molecule has 1 amide bonds. The fourth-order valence-electron chi connectivity index (χ4n) is 3.44. The quantitative estimate of drug-likeness (QED) is 0.255. The number of halogens is 3. The van der Waals surface area contributed by atoms with Gasteiger partial charge in [0.1, 0.15) is 11.6 Å². The number of amides is 1. The molecule has 1 aromatic heterocycles. The third-order valence-corrected chi connectivity index (χ3v) is 5.00. The van der Waals surface area contributed by atoms with Crippen LogP contribution in [-0.4, -0.2) is 56.2 Å². The van der Waals surface area contributed by atoms with Crippen molar-refractivity contribution in [3.05, 3.63) is 48.2 Å². The maximum Gasteiger partial charge on any atom is 0.387 e. The van der Waals surface area contributed by atoms with E-state index in [0.717, 1.165) is 12.0 Å². The summed E-state index contributed by atoms with van der Waals surface area (Å²) in [4.78, 5) is 22.5. The Morgan fingerprint density at radius 2 is 2.09 bits per heavy atom. The lowest BCUT2D eigenvalue weighted by atomic mass is 10.2. The lowest BCUT2D eigenvalue weighted by Gasteiger charge is -2.22. The Morgan fingerprint density at radius 3 is 2.79 bits per heavy atom. The largest absolute Gasteiger partial charge is 0.433 e. The first-order chi connectivity index (χ1) is 15.4. The normalized spacial score (nSPS) is 15.7. The second-order valence-corrected chi connectivity index (χ2v) is 7.44. The molecule has 3 rings (SSSR count). The standard InChI is InChI=1S/C22H28F2N6O2.HI/c1-15-7-8-19(27-13-15)29-20(31)9-11-26-22(25-2)28-16-10-12-30(14-16)17-5-3-4-6-18(17)32-21(23)24;/h3-8,13,16,21H,9-12,14H2,1-2H3,(H2,25,26,28)(H,27,29,31);1H. The Morgan fingerprint density at radius 1 is 1.30 bits per heavy atom. The highest BCUT2D eigenvalue weighted by Gasteiger charge is 2.26. The van der Waals surface area contributed by atoms with E-state index in [1.54, 1.807) is 43.6 Å². The van der Waals surface area contributed by atoms with Crippen LogP contribution in [0, 0.1) is 6.92 Å². The molecule has 2 aromatic rings. The molecule has 1 unspecified atom stereocenters. The minimum Gasteiger partial charge on any atom is -0.433 e. The Hall–Kier alpha value is -2.70. The zero-order valence-corrected chi connectivity index (χ0v) is 20.9. The number of aromatic nitrogens is 1. The Balaban J connectivity index is 0.00000385. The first kappa shape index (κ1) is 26.6. The Kier molecular flexibility index (Phi) is 10.6. The van der Waals surface area contributed by atoms with Gasteiger partial charge in [0.05, 0.1) is 5.69 Å². The predicted molar refractivity (Wildman–Crippen MR) is 136 cm³/mol. The van der Waals surface area contributed by atoms with Crippen molar-refractivity contribution in [2.45, 2.75) is 32.4 Å². The summed E-state index contributed by atoms with van der Waals surface area (Å²) in [5, 5.41) is 9.20. The summed E-state index contributed by atoms with van der Waals surface area (Å²) in [5.74, 6) is 1.12. The maximum atomic E-state index is 12.7. The SMILES string of the molecule is CN=C(NCCC(=O)Nc1ccc(C)cn1)NC1CCN(c2ccccc2OC(F)F)C1.I. The van der Waals surface area contributed by atoms with Gasteiger partial charge in [-0.1, -0.05) is 18.2 Å². The lowest BCUT2D eigenvalue weighted by molar-refractivity contribution is -0.116. The summed E-state index contributed by atoms with van der Waals surface area (Å²) < 4.78 is 30.0. The average Bonchev–Trinajstić information content (AvgIpc) is 3.23. The third kappa shape index (κ3) is 8.30. The van der Waals surface area contributed by atoms with Crippen molar-refractivity contribution >= 4 is 47.3 Å². The number of benzene rings is 1. The highest BCUT2D eigenvalue weighted by molar-refractivity contribution is 14.0. The van der Waals surface area contributed by atoms with Crippen molar-refractivity contribution in [2.24, 2.45) is 4.99 Å². The first-order valence-electron chi connectivity index (χ1n) is 10.4. The van der Waals surface area contributed by atoms with Crippen molar-refractivity contribution in [1.82, 2.24) is 15.6 Å². The predicted octanol–water partition coefficient (Wildman–Crippen LogP) is 3.38. The number of aryl methyl sites for hydroxylation is 1. The van der Waals surface area contributed by atoms with Crippen LogP contribution in [0.15, 0.2) is 47.6 Å². The van der Waals surface area contributed by atoms with E-state index in [-0.39, 0.29) is 48.1 Å². The molecule has 0 aliphatic carbocycles. The minimum atomic E-state index is -2.87. The van der Waals surface area contributed by atoms with Gasteiger partial charge in [-0.15, -0.1) is 24.0 Å². The van der Waals surface area contributed by atoms with Crippen molar-refractivity contribution in [3.63, 3.8) is 0 Å². The monoisotopic (exact) mass is 574 g/mol. The summed E-state index contributed by atoms with van der Waals surface area (Å²) in [7, 11) is 1.66. The maximum absolute atomic E-state index is 12.7. The smallest absolute Gasteiger partial charge is 0.387 e. The van der Waals surface area contributed by atoms with Crippen molar-refractivity contribution in [3.8, 4) is 5.75 Å².